The molecule has 2 atom stereocenters. The maximum absolute atomic E-state index is 11.9. The summed E-state index contributed by atoms with van der Waals surface area (Å²) in [5.41, 5.74) is 1.34. The van der Waals surface area contributed by atoms with E-state index in [1.165, 1.54) is 0 Å². The van der Waals surface area contributed by atoms with Crippen molar-refractivity contribution in [2.75, 3.05) is 0 Å². The standard InChI is InChI=1S/C19H24N2O3/c1-19(2,3)24-18(23)20-15-5-6-16(11-15)21-9-8-14-10-13(12-22)4-7-17(14)21/h4,7-10,12,15-16H,5-6,11H2,1-3H3,(H,20,23)/t15-,16-/m0/s1. The molecule has 1 N–H and O–H groups in total. The molecule has 0 saturated heterocycles. The number of hydrogen-bond acceptors (Lipinski definition) is 3. The maximum atomic E-state index is 11.9. The quantitative estimate of drug-likeness (QED) is 0.864. The summed E-state index contributed by atoms with van der Waals surface area (Å²) in [4.78, 5) is 22.8. The van der Waals surface area contributed by atoms with Crippen molar-refractivity contribution in [2.45, 2.75) is 57.7 Å². The van der Waals surface area contributed by atoms with Gasteiger partial charge < -0.3 is 14.6 Å². The second kappa shape index (κ2) is 6.30. The normalized spacial score (nSPS) is 21.0. The summed E-state index contributed by atoms with van der Waals surface area (Å²) in [5.74, 6) is 0. The Hall–Kier alpha value is -2.30. The first-order valence-corrected chi connectivity index (χ1v) is 8.41. The van der Waals surface area contributed by atoms with Crippen LogP contribution in [0.25, 0.3) is 10.9 Å². The largest absolute Gasteiger partial charge is 0.444 e. The highest BCUT2D eigenvalue weighted by Gasteiger charge is 2.29. The van der Waals surface area contributed by atoms with Crippen molar-refractivity contribution in [2.24, 2.45) is 0 Å². The van der Waals surface area contributed by atoms with Crippen molar-refractivity contribution in [3.63, 3.8) is 0 Å². The van der Waals surface area contributed by atoms with E-state index in [9.17, 15) is 9.59 Å². The number of amides is 1. The highest BCUT2D eigenvalue weighted by molar-refractivity contribution is 5.87. The van der Waals surface area contributed by atoms with Gasteiger partial charge in [-0.2, -0.15) is 0 Å². The molecule has 0 radical (unpaired) electrons. The molecule has 1 aliphatic carbocycles. The van der Waals surface area contributed by atoms with E-state index < -0.39 is 5.60 Å². The van der Waals surface area contributed by atoms with Crippen molar-refractivity contribution in [1.29, 1.82) is 0 Å². The van der Waals surface area contributed by atoms with Gasteiger partial charge in [-0.05, 0) is 64.3 Å². The molecule has 128 valence electrons. The Labute approximate surface area is 142 Å². The van der Waals surface area contributed by atoms with Gasteiger partial charge in [-0.3, -0.25) is 4.79 Å². The van der Waals surface area contributed by atoms with Crippen molar-refractivity contribution < 1.29 is 14.3 Å². The predicted molar refractivity (Wildman–Crippen MR) is 93.4 cm³/mol. The van der Waals surface area contributed by atoms with E-state index in [1.807, 2.05) is 45.0 Å². The average Bonchev–Trinajstić information content (AvgIpc) is 3.10. The number of fused-ring (bicyclic) bond motifs is 1. The van der Waals surface area contributed by atoms with Gasteiger partial charge in [-0.25, -0.2) is 4.79 Å². The Morgan fingerprint density at radius 1 is 1.29 bits per heavy atom. The summed E-state index contributed by atoms with van der Waals surface area (Å²) in [7, 11) is 0. The fraction of sp³-hybridized carbons (Fsp3) is 0.474. The van der Waals surface area contributed by atoms with Crippen LogP contribution in [0.3, 0.4) is 0 Å². The van der Waals surface area contributed by atoms with Crippen LogP contribution >= 0.6 is 0 Å². The number of aromatic nitrogens is 1. The molecular formula is C19H24N2O3. The Morgan fingerprint density at radius 3 is 2.79 bits per heavy atom. The van der Waals surface area contributed by atoms with Crippen LogP contribution in [-0.4, -0.2) is 28.6 Å². The molecular weight excluding hydrogens is 304 g/mol. The minimum absolute atomic E-state index is 0.136. The van der Waals surface area contributed by atoms with Gasteiger partial charge in [-0.15, -0.1) is 0 Å². The lowest BCUT2D eigenvalue weighted by molar-refractivity contribution is 0.0504. The number of ether oxygens (including phenoxy) is 1. The van der Waals surface area contributed by atoms with Gasteiger partial charge in [0.25, 0.3) is 0 Å². The molecule has 1 aromatic carbocycles. The smallest absolute Gasteiger partial charge is 0.407 e. The van der Waals surface area contributed by atoms with Gasteiger partial charge in [0.15, 0.2) is 0 Å². The fourth-order valence-corrected chi connectivity index (χ4v) is 3.39. The molecule has 2 aromatic rings. The zero-order valence-electron chi connectivity index (χ0n) is 14.4. The second-order valence-corrected chi connectivity index (χ2v) is 7.47. The van der Waals surface area contributed by atoms with Gasteiger partial charge in [0.2, 0.25) is 0 Å². The number of alkyl carbamates (subject to hydrolysis) is 1. The molecule has 0 spiro atoms. The fourth-order valence-electron chi connectivity index (χ4n) is 3.39. The summed E-state index contributed by atoms with van der Waals surface area (Å²) in [6.07, 6.45) is 5.43. The summed E-state index contributed by atoms with van der Waals surface area (Å²) in [6.45, 7) is 5.59. The average molecular weight is 328 g/mol. The van der Waals surface area contributed by atoms with Gasteiger partial charge >= 0.3 is 6.09 Å². The van der Waals surface area contributed by atoms with E-state index in [0.29, 0.717) is 11.6 Å². The van der Waals surface area contributed by atoms with Crippen molar-refractivity contribution in [3.05, 3.63) is 36.0 Å². The SMILES string of the molecule is CC(C)(C)OC(=O)N[C@H]1CC[C@H](n2ccc3cc(C=O)ccc32)C1. The lowest BCUT2D eigenvalue weighted by Gasteiger charge is -2.22. The van der Waals surface area contributed by atoms with Crippen LogP contribution in [0, 0.1) is 0 Å². The van der Waals surface area contributed by atoms with E-state index in [0.717, 1.165) is 36.5 Å². The maximum Gasteiger partial charge on any atom is 0.407 e. The number of hydrogen-bond donors (Lipinski definition) is 1. The summed E-state index contributed by atoms with van der Waals surface area (Å²) >= 11 is 0. The molecule has 5 heteroatoms. The minimum atomic E-state index is -0.477. The molecule has 1 aliphatic rings. The van der Waals surface area contributed by atoms with E-state index in [4.69, 9.17) is 4.74 Å². The first kappa shape index (κ1) is 16.6. The second-order valence-electron chi connectivity index (χ2n) is 7.47. The highest BCUT2D eigenvalue weighted by atomic mass is 16.6. The summed E-state index contributed by atoms with van der Waals surface area (Å²) in [5, 5.41) is 4.05. The van der Waals surface area contributed by atoms with Gasteiger partial charge in [0, 0.05) is 34.7 Å². The molecule has 1 fully saturated rings. The molecule has 1 aromatic heterocycles. The third-order valence-electron chi connectivity index (χ3n) is 4.40. The molecule has 24 heavy (non-hydrogen) atoms. The number of carbonyl (C=O) groups excluding carboxylic acids is 2. The Bertz CT molecular complexity index is 758. The van der Waals surface area contributed by atoms with Crippen LogP contribution in [0.4, 0.5) is 4.79 Å². The van der Waals surface area contributed by atoms with Crippen LogP contribution in [-0.2, 0) is 4.74 Å². The molecule has 1 saturated carbocycles. The molecule has 1 amide bonds. The number of carbonyl (C=O) groups is 2. The van der Waals surface area contributed by atoms with Crippen LogP contribution in [0.5, 0.6) is 0 Å². The van der Waals surface area contributed by atoms with Crippen molar-refractivity contribution in [3.8, 4) is 0 Å². The van der Waals surface area contributed by atoms with Crippen molar-refractivity contribution >= 4 is 23.3 Å². The minimum Gasteiger partial charge on any atom is -0.444 e. The summed E-state index contributed by atoms with van der Waals surface area (Å²) < 4.78 is 7.58. The van der Waals surface area contributed by atoms with Gasteiger partial charge in [0.05, 0.1) is 0 Å². The third-order valence-corrected chi connectivity index (χ3v) is 4.40. The lowest BCUT2D eigenvalue weighted by Crippen LogP contribution is -2.38. The van der Waals surface area contributed by atoms with E-state index in [1.54, 1.807) is 0 Å². The molecule has 3 rings (SSSR count). The van der Waals surface area contributed by atoms with E-state index in [-0.39, 0.29) is 12.1 Å². The zero-order valence-corrected chi connectivity index (χ0v) is 14.4. The van der Waals surface area contributed by atoms with E-state index >= 15 is 0 Å². The molecule has 1 heterocycles. The number of benzene rings is 1. The van der Waals surface area contributed by atoms with Crippen LogP contribution < -0.4 is 5.32 Å². The highest BCUT2D eigenvalue weighted by Crippen LogP contribution is 2.33. The molecule has 0 aliphatic heterocycles. The Balaban J connectivity index is 1.67. The summed E-state index contributed by atoms with van der Waals surface area (Å²) in [6, 6.07) is 8.27. The van der Waals surface area contributed by atoms with Crippen LogP contribution in [0.15, 0.2) is 30.5 Å². The topological polar surface area (TPSA) is 60.3 Å². The van der Waals surface area contributed by atoms with E-state index in [2.05, 4.69) is 16.1 Å². The molecule has 5 nitrogen and oxygen atoms in total. The number of nitrogens with zero attached hydrogens (tertiary/aromatic N) is 1. The lowest BCUT2D eigenvalue weighted by atomic mass is 10.1. The predicted octanol–water partition coefficient (Wildman–Crippen LogP) is 4.07. The Kier molecular flexibility index (Phi) is 4.35. The van der Waals surface area contributed by atoms with Gasteiger partial charge in [-0.1, -0.05) is 0 Å². The number of rotatable bonds is 3. The monoisotopic (exact) mass is 328 g/mol. The molecule has 0 bridgehead atoms. The Morgan fingerprint density at radius 2 is 2.08 bits per heavy atom. The first-order chi connectivity index (χ1) is 11.4. The first-order valence-electron chi connectivity index (χ1n) is 8.41. The number of aldehydes is 1. The van der Waals surface area contributed by atoms with Crippen LogP contribution in [0.1, 0.15) is 56.4 Å². The molecule has 0 unspecified atom stereocenters. The zero-order chi connectivity index (χ0) is 17.3. The van der Waals surface area contributed by atoms with Crippen molar-refractivity contribution in [1.82, 2.24) is 9.88 Å². The number of nitrogens with one attached hydrogen (secondary N) is 1. The van der Waals surface area contributed by atoms with Gasteiger partial charge in [0.1, 0.15) is 11.9 Å². The van der Waals surface area contributed by atoms with Crippen LogP contribution in [0.2, 0.25) is 0 Å². The third kappa shape index (κ3) is 3.61.